The van der Waals surface area contributed by atoms with Crippen LogP contribution in [-0.2, 0) is 14.3 Å². The Labute approximate surface area is 175 Å². The van der Waals surface area contributed by atoms with Gasteiger partial charge in [0.05, 0.1) is 12.7 Å². The number of ketones is 1. The van der Waals surface area contributed by atoms with Crippen molar-refractivity contribution in [3.63, 3.8) is 0 Å². The van der Waals surface area contributed by atoms with E-state index in [2.05, 4.69) is 17.4 Å². The largest absolute Gasteiger partial charge is 0.466 e. The van der Waals surface area contributed by atoms with Crippen molar-refractivity contribution >= 4 is 23.4 Å². The normalized spacial score (nSPS) is 21.6. The standard InChI is InChI=1S/C24H22ClNO3/c1-14-21(24(28)29-2)22(16-8-10-18(25)11-9-16)23-19(26-14)12-17(13-20(23)27)15-6-4-3-5-7-15/h3-11,17,22,26H,12-13H2,1-2H3/t17-,22+/m0/s1. The summed E-state index contributed by atoms with van der Waals surface area (Å²) in [5.41, 5.74) is 4.75. The number of dihydropyridines is 1. The molecule has 0 unspecified atom stereocenters. The fourth-order valence-electron chi connectivity index (χ4n) is 4.37. The lowest BCUT2D eigenvalue weighted by Gasteiger charge is -2.36. The molecule has 0 saturated carbocycles. The number of esters is 1. The minimum atomic E-state index is -0.458. The number of carbonyl (C=O) groups is 2. The highest BCUT2D eigenvalue weighted by molar-refractivity contribution is 6.30. The molecule has 1 aliphatic heterocycles. The summed E-state index contributed by atoms with van der Waals surface area (Å²) >= 11 is 6.06. The molecule has 0 saturated heterocycles. The van der Waals surface area contributed by atoms with Gasteiger partial charge in [-0.15, -0.1) is 0 Å². The summed E-state index contributed by atoms with van der Waals surface area (Å²) in [6, 6.07) is 17.4. The number of methoxy groups -OCH3 is 1. The molecule has 2 aliphatic rings. The average Bonchev–Trinajstić information content (AvgIpc) is 2.73. The molecule has 0 fully saturated rings. The average molecular weight is 408 g/mol. The minimum Gasteiger partial charge on any atom is -0.466 e. The van der Waals surface area contributed by atoms with Crippen molar-refractivity contribution in [2.24, 2.45) is 0 Å². The molecule has 2 atom stereocenters. The summed E-state index contributed by atoms with van der Waals surface area (Å²) < 4.78 is 5.04. The van der Waals surface area contributed by atoms with Gasteiger partial charge in [-0.25, -0.2) is 4.79 Å². The summed E-state index contributed by atoms with van der Waals surface area (Å²) in [6.45, 7) is 1.86. The van der Waals surface area contributed by atoms with E-state index in [0.29, 0.717) is 22.6 Å². The van der Waals surface area contributed by atoms with Crippen LogP contribution in [0.1, 0.15) is 42.7 Å². The van der Waals surface area contributed by atoms with Gasteiger partial charge in [-0.1, -0.05) is 54.1 Å². The number of hydrogen-bond donors (Lipinski definition) is 1. The van der Waals surface area contributed by atoms with E-state index in [-0.39, 0.29) is 11.7 Å². The second-order valence-corrected chi connectivity index (χ2v) is 7.91. The highest BCUT2D eigenvalue weighted by atomic mass is 35.5. The van der Waals surface area contributed by atoms with Crippen LogP contribution < -0.4 is 5.32 Å². The van der Waals surface area contributed by atoms with Crippen molar-refractivity contribution in [3.8, 4) is 0 Å². The van der Waals surface area contributed by atoms with Crippen LogP contribution in [0.4, 0.5) is 0 Å². The lowest BCUT2D eigenvalue weighted by Crippen LogP contribution is -2.36. The molecule has 29 heavy (non-hydrogen) atoms. The Kier molecular flexibility index (Phi) is 5.29. The van der Waals surface area contributed by atoms with E-state index < -0.39 is 11.9 Å². The van der Waals surface area contributed by atoms with Crippen LogP contribution in [0.15, 0.2) is 77.1 Å². The number of hydrogen-bond acceptors (Lipinski definition) is 4. The van der Waals surface area contributed by atoms with Crippen LogP contribution in [0.25, 0.3) is 0 Å². The predicted molar refractivity (Wildman–Crippen MR) is 112 cm³/mol. The van der Waals surface area contributed by atoms with Gasteiger partial charge in [-0.3, -0.25) is 4.79 Å². The van der Waals surface area contributed by atoms with Gasteiger partial charge in [-0.2, -0.15) is 0 Å². The second kappa shape index (κ2) is 7.88. The molecule has 1 aliphatic carbocycles. The van der Waals surface area contributed by atoms with Crippen LogP contribution in [0.5, 0.6) is 0 Å². The molecular formula is C24H22ClNO3. The molecule has 0 spiro atoms. The quantitative estimate of drug-likeness (QED) is 0.737. The van der Waals surface area contributed by atoms with Crippen LogP contribution in [0.2, 0.25) is 5.02 Å². The van der Waals surface area contributed by atoms with Gasteiger partial charge in [0.25, 0.3) is 0 Å². The van der Waals surface area contributed by atoms with Crippen molar-refractivity contribution in [1.29, 1.82) is 0 Å². The number of rotatable bonds is 3. The molecule has 0 amide bonds. The highest BCUT2D eigenvalue weighted by Gasteiger charge is 2.41. The van der Waals surface area contributed by atoms with Gasteiger partial charge in [0.15, 0.2) is 5.78 Å². The van der Waals surface area contributed by atoms with Crippen LogP contribution in [0, 0.1) is 0 Å². The third-order valence-electron chi connectivity index (χ3n) is 5.71. The maximum absolute atomic E-state index is 13.3. The molecule has 4 rings (SSSR count). The molecule has 148 valence electrons. The highest BCUT2D eigenvalue weighted by Crippen LogP contribution is 2.45. The monoisotopic (exact) mass is 407 g/mol. The number of halogens is 1. The number of nitrogens with one attached hydrogen (secondary N) is 1. The Morgan fingerprint density at radius 3 is 2.38 bits per heavy atom. The SMILES string of the molecule is COC(=O)C1=C(C)NC2=C(C(=O)C[C@@H](c3ccccc3)C2)[C@@H]1c1ccc(Cl)cc1. The van der Waals surface area contributed by atoms with E-state index in [1.807, 2.05) is 37.3 Å². The molecule has 2 aromatic carbocycles. The first kappa shape index (κ1) is 19.5. The molecule has 2 aromatic rings. The Morgan fingerprint density at radius 2 is 1.72 bits per heavy atom. The summed E-state index contributed by atoms with van der Waals surface area (Å²) in [6.07, 6.45) is 1.14. The summed E-state index contributed by atoms with van der Waals surface area (Å²) in [4.78, 5) is 25.9. The molecule has 0 radical (unpaired) electrons. The number of ether oxygens (including phenoxy) is 1. The molecule has 0 aromatic heterocycles. The summed E-state index contributed by atoms with van der Waals surface area (Å²) in [7, 11) is 1.36. The molecule has 0 bridgehead atoms. The molecule has 1 N–H and O–H groups in total. The fraction of sp³-hybridized carbons (Fsp3) is 0.250. The zero-order valence-electron chi connectivity index (χ0n) is 16.4. The van der Waals surface area contributed by atoms with Gasteiger partial charge in [0, 0.05) is 34.3 Å². The Morgan fingerprint density at radius 1 is 1.03 bits per heavy atom. The van der Waals surface area contributed by atoms with Crippen molar-refractivity contribution in [2.75, 3.05) is 7.11 Å². The molecule has 4 nitrogen and oxygen atoms in total. The number of allylic oxidation sites excluding steroid dienone is 3. The molecule has 5 heteroatoms. The first-order valence-electron chi connectivity index (χ1n) is 9.62. The Balaban J connectivity index is 1.81. The van der Waals surface area contributed by atoms with Gasteiger partial charge >= 0.3 is 5.97 Å². The first-order valence-corrected chi connectivity index (χ1v) is 10.00. The number of benzene rings is 2. The van der Waals surface area contributed by atoms with Crippen molar-refractivity contribution in [1.82, 2.24) is 5.32 Å². The first-order chi connectivity index (χ1) is 14.0. The predicted octanol–water partition coefficient (Wildman–Crippen LogP) is 4.87. The smallest absolute Gasteiger partial charge is 0.336 e. The Bertz CT molecular complexity index is 1020. The molecule has 1 heterocycles. The molecular weight excluding hydrogens is 386 g/mol. The van der Waals surface area contributed by atoms with Crippen molar-refractivity contribution in [3.05, 3.63) is 93.3 Å². The van der Waals surface area contributed by atoms with Gasteiger partial charge < -0.3 is 10.1 Å². The van der Waals surface area contributed by atoms with E-state index in [1.54, 1.807) is 12.1 Å². The zero-order valence-corrected chi connectivity index (χ0v) is 17.1. The van der Waals surface area contributed by atoms with E-state index >= 15 is 0 Å². The third kappa shape index (κ3) is 3.60. The maximum atomic E-state index is 13.3. The van der Waals surface area contributed by atoms with E-state index in [0.717, 1.165) is 28.9 Å². The van der Waals surface area contributed by atoms with Crippen molar-refractivity contribution in [2.45, 2.75) is 31.6 Å². The van der Waals surface area contributed by atoms with Gasteiger partial charge in [0.2, 0.25) is 0 Å². The zero-order chi connectivity index (χ0) is 20.5. The minimum absolute atomic E-state index is 0.0569. The van der Waals surface area contributed by atoms with Crippen LogP contribution in [-0.4, -0.2) is 18.9 Å². The van der Waals surface area contributed by atoms with Gasteiger partial charge in [-0.05, 0) is 42.5 Å². The van der Waals surface area contributed by atoms with Crippen LogP contribution in [0.3, 0.4) is 0 Å². The fourth-order valence-corrected chi connectivity index (χ4v) is 4.50. The number of Topliss-reactive ketones (excluding diaryl/α,β-unsaturated/α-hetero) is 1. The van der Waals surface area contributed by atoms with Crippen LogP contribution >= 0.6 is 11.6 Å². The van der Waals surface area contributed by atoms with Crippen molar-refractivity contribution < 1.29 is 14.3 Å². The Hall–Kier alpha value is -2.85. The topological polar surface area (TPSA) is 55.4 Å². The van der Waals surface area contributed by atoms with E-state index in [4.69, 9.17) is 16.3 Å². The van der Waals surface area contributed by atoms with Gasteiger partial charge in [0.1, 0.15) is 0 Å². The van der Waals surface area contributed by atoms with E-state index in [9.17, 15) is 9.59 Å². The second-order valence-electron chi connectivity index (χ2n) is 7.47. The lowest BCUT2D eigenvalue weighted by molar-refractivity contribution is -0.136. The van der Waals surface area contributed by atoms with E-state index in [1.165, 1.54) is 7.11 Å². The number of carbonyl (C=O) groups excluding carboxylic acids is 2. The summed E-state index contributed by atoms with van der Waals surface area (Å²) in [5, 5.41) is 3.94. The maximum Gasteiger partial charge on any atom is 0.336 e. The lowest BCUT2D eigenvalue weighted by atomic mass is 9.72. The third-order valence-corrected chi connectivity index (χ3v) is 5.96. The summed E-state index contributed by atoms with van der Waals surface area (Å²) in [5.74, 6) is -0.713.